The SMILES string of the molecule is CC(C)(C)C(=O)N1CCC(C(=O)Nc2ccc3c(c2)C(=O)NC3)CC1. The molecule has 134 valence electrons. The van der Waals surface area contributed by atoms with Crippen LogP contribution < -0.4 is 10.6 Å². The maximum Gasteiger partial charge on any atom is 0.251 e. The minimum Gasteiger partial charge on any atom is -0.348 e. The number of amides is 3. The van der Waals surface area contributed by atoms with Gasteiger partial charge < -0.3 is 15.5 Å². The quantitative estimate of drug-likeness (QED) is 0.864. The molecule has 3 rings (SSSR count). The van der Waals surface area contributed by atoms with E-state index in [2.05, 4.69) is 10.6 Å². The fourth-order valence-corrected chi connectivity index (χ4v) is 3.35. The fourth-order valence-electron chi connectivity index (χ4n) is 3.35. The molecule has 0 unspecified atom stereocenters. The lowest BCUT2D eigenvalue weighted by Gasteiger charge is -2.35. The highest BCUT2D eigenvalue weighted by Gasteiger charge is 2.32. The summed E-state index contributed by atoms with van der Waals surface area (Å²) in [6, 6.07) is 5.43. The largest absolute Gasteiger partial charge is 0.348 e. The number of benzene rings is 1. The molecule has 1 saturated heterocycles. The highest BCUT2D eigenvalue weighted by Crippen LogP contribution is 2.25. The first kappa shape index (κ1) is 17.5. The van der Waals surface area contributed by atoms with E-state index in [1.807, 2.05) is 37.8 Å². The van der Waals surface area contributed by atoms with Crippen LogP contribution >= 0.6 is 0 Å². The molecule has 6 heteroatoms. The third kappa shape index (κ3) is 3.67. The van der Waals surface area contributed by atoms with Gasteiger partial charge in [-0.05, 0) is 30.5 Å². The molecule has 0 aromatic heterocycles. The number of hydrogen-bond acceptors (Lipinski definition) is 3. The number of hydrogen-bond donors (Lipinski definition) is 2. The highest BCUT2D eigenvalue weighted by molar-refractivity contribution is 6.00. The Hall–Kier alpha value is -2.37. The summed E-state index contributed by atoms with van der Waals surface area (Å²) in [4.78, 5) is 38.4. The van der Waals surface area contributed by atoms with Crippen molar-refractivity contribution in [2.24, 2.45) is 11.3 Å². The molecule has 0 atom stereocenters. The summed E-state index contributed by atoms with van der Waals surface area (Å²) < 4.78 is 0. The van der Waals surface area contributed by atoms with Crippen LogP contribution in [0.25, 0.3) is 0 Å². The Morgan fingerprint density at radius 2 is 1.88 bits per heavy atom. The first-order chi connectivity index (χ1) is 11.8. The second kappa shape index (κ2) is 6.50. The monoisotopic (exact) mass is 343 g/mol. The van der Waals surface area contributed by atoms with Crippen molar-refractivity contribution < 1.29 is 14.4 Å². The third-order valence-electron chi connectivity index (χ3n) is 4.86. The van der Waals surface area contributed by atoms with Gasteiger partial charge in [-0.2, -0.15) is 0 Å². The van der Waals surface area contributed by atoms with E-state index in [4.69, 9.17) is 0 Å². The summed E-state index contributed by atoms with van der Waals surface area (Å²) in [6.45, 7) is 7.51. The molecule has 2 N–H and O–H groups in total. The molecule has 0 saturated carbocycles. The van der Waals surface area contributed by atoms with Crippen molar-refractivity contribution in [3.8, 4) is 0 Å². The first-order valence-corrected chi connectivity index (χ1v) is 8.77. The zero-order valence-corrected chi connectivity index (χ0v) is 15.0. The first-order valence-electron chi connectivity index (χ1n) is 8.77. The van der Waals surface area contributed by atoms with Gasteiger partial charge >= 0.3 is 0 Å². The lowest BCUT2D eigenvalue weighted by Crippen LogP contribution is -2.45. The lowest BCUT2D eigenvalue weighted by atomic mass is 9.90. The summed E-state index contributed by atoms with van der Waals surface area (Å²) in [5.74, 6) is -0.108. The van der Waals surface area contributed by atoms with Gasteiger partial charge in [0.05, 0.1) is 0 Å². The van der Waals surface area contributed by atoms with Crippen molar-refractivity contribution in [2.45, 2.75) is 40.2 Å². The molecule has 25 heavy (non-hydrogen) atoms. The molecule has 0 bridgehead atoms. The normalized spacial score (nSPS) is 17.9. The molecule has 1 aromatic rings. The number of anilines is 1. The summed E-state index contributed by atoms with van der Waals surface area (Å²) >= 11 is 0. The number of rotatable bonds is 2. The van der Waals surface area contributed by atoms with Crippen molar-refractivity contribution in [3.05, 3.63) is 29.3 Å². The van der Waals surface area contributed by atoms with E-state index < -0.39 is 0 Å². The fraction of sp³-hybridized carbons (Fsp3) is 0.526. The van der Waals surface area contributed by atoms with Crippen LogP contribution in [-0.4, -0.2) is 35.7 Å². The lowest BCUT2D eigenvalue weighted by molar-refractivity contribution is -0.142. The summed E-state index contributed by atoms with van der Waals surface area (Å²) in [6.07, 6.45) is 1.33. The average molecular weight is 343 g/mol. The molecule has 0 aliphatic carbocycles. The minimum absolute atomic E-state index is 0.0405. The Bertz CT molecular complexity index is 713. The topological polar surface area (TPSA) is 78.5 Å². The predicted molar refractivity (Wildman–Crippen MR) is 95.0 cm³/mol. The van der Waals surface area contributed by atoms with Crippen LogP contribution in [0.1, 0.15) is 49.5 Å². The summed E-state index contributed by atoms with van der Waals surface area (Å²) in [5.41, 5.74) is 1.84. The smallest absolute Gasteiger partial charge is 0.251 e. The Morgan fingerprint density at radius 1 is 1.20 bits per heavy atom. The molecular weight excluding hydrogens is 318 g/mol. The molecule has 0 radical (unpaired) electrons. The van der Waals surface area contributed by atoms with Crippen LogP contribution in [0.15, 0.2) is 18.2 Å². The maximum absolute atomic E-state index is 12.5. The van der Waals surface area contributed by atoms with Gasteiger partial charge in [-0.25, -0.2) is 0 Å². The minimum atomic E-state index is -0.389. The van der Waals surface area contributed by atoms with Gasteiger partial charge in [-0.3, -0.25) is 14.4 Å². The maximum atomic E-state index is 12.5. The van der Waals surface area contributed by atoms with Crippen LogP contribution in [0.3, 0.4) is 0 Å². The van der Waals surface area contributed by atoms with E-state index in [9.17, 15) is 14.4 Å². The number of piperidine rings is 1. The van der Waals surface area contributed by atoms with Crippen molar-refractivity contribution in [2.75, 3.05) is 18.4 Å². The average Bonchev–Trinajstić information content (AvgIpc) is 2.94. The standard InChI is InChI=1S/C19H25N3O3/c1-19(2,3)18(25)22-8-6-12(7-9-22)16(23)21-14-5-4-13-11-20-17(24)15(13)10-14/h4-5,10,12H,6-9,11H2,1-3H3,(H,20,24)(H,21,23). The Morgan fingerprint density at radius 3 is 2.52 bits per heavy atom. The molecular formula is C19H25N3O3. The van der Waals surface area contributed by atoms with E-state index in [1.54, 1.807) is 6.07 Å². The molecule has 0 spiro atoms. The molecule has 1 aromatic carbocycles. The highest BCUT2D eigenvalue weighted by atomic mass is 16.2. The van der Waals surface area contributed by atoms with E-state index in [0.29, 0.717) is 43.7 Å². The van der Waals surface area contributed by atoms with Crippen LogP contribution in [0, 0.1) is 11.3 Å². The zero-order chi connectivity index (χ0) is 18.2. The van der Waals surface area contributed by atoms with Crippen molar-refractivity contribution >= 4 is 23.4 Å². The van der Waals surface area contributed by atoms with E-state index in [0.717, 1.165) is 5.56 Å². The Labute approximate surface area is 148 Å². The van der Waals surface area contributed by atoms with Gasteiger partial charge in [0.1, 0.15) is 0 Å². The van der Waals surface area contributed by atoms with E-state index in [1.165, 1.54) is 0 Å². The van der Waals surface area contributed by atoms with Gasteiger partial charge in [0.25, 0.3) is 5.91 Å². The molecule has 6 nitrogen and oxygen atoms in total. The predicted octanol–water partition coefficient (Wildman–Crippen LogP) is 2.15. The van der Waals surface area contributed by atoms with Crippen molar-refractivity contribution in [1.82, 2.24) is 10.2 Å². The van der Waals surface area contributed by atoms with Crippen LogP contribution in [-0.2, 0) is 16.1 Å². The zero-order valence-electron chi connectivity index (χ0n) is 15.0. The van der Waals surface area contributed by atoms with Gasteiger partial charge in [0.15, 0.2) is 0 Å². The van der Waals surface area contributed by atoms with E-state index >= 15 is 0 Å². The number of likely N-dealkylation sites (tertiary alicyclic amines) is 1. The Balaban J connectivity index is 1.58. The van der Waals surface area contributed by atoms with Crippen LogP contribution in [0.4, 0.5) is 5.69 Å². The number of carbonyl (C=O) groups is 3. The molecule has 3 amide bonds. The number of nitrogens with one attached hydrogen (secondary N) is 2. The summed E-state index contributed by atoms with van der Waals surface area (Å²) in [7, 11) is 0. The van der Waals surface area contributed by atoms with E-state index in [-0.39, 0.29) is 29.1 Å². The van der Waals surface area contributed by atoms with Crippen molar-refractivity contribution in [1.29, 1.82) is 0 Å². The molecule has 1 fully saturated rings. The summed E-state index contributed by atoms with van der Waals surface area (Å²) in [5, 5.41) is 5.68. The second-order valence-corrected chi connectivity index (χ2v) is 7.86. The number of fused-ring (bicyclic) bond motifs is 1. The van der Waals surface area contributed by atoms with Crippen LogP contribution in [0.2, 0.25) is 0 Å². The van der Waals surface area contributed by atoms with Crippen LogP contribution in [0.5, 0.6) is 0 Å². The number of carbonyl (C=O) groups excluding carboxylic acids is 3. The Kier molecular flexibility index (Phi) is 4.54. The van der Waals surface area contributed by atoms with Crippen molar-refractivity contribution in [3.63, 3.8) is 0 Å². The third-order valence-corrected chi connectivity index (χ3v) is 4.86. The molecule has 2 aliphatic rings. The van der Waals surface area contributed by atoms with Gasteiger partial charge in [0.2, 0.25) is 11.8 Å². The van der Waals surface area contributed by atoms with Gasteiger partial charge in [-0.15, -0.1) is 0 Å². The second-order valence-electron chi connectivity index (χ2n) is 7.86. The van der Waals surface area contributed by atoms with Gasteiger partial charge in [0, 0.05) is 42.2 Å². The van der Waals surface area contributed by atoms with Gasteiger partial charge in [-0.1, -0.05) is 26.8 Å². The molecule has 2 heterocycles. The number of nitrogens with zero attached hydrogens (tertiary/aromatic N) is 1. The molecule has 2 aliphatic heterocycles.